The molecule has 1 rings (SSSR count). The number of hydrogen-bond acceptors (Lipinski definition) is 1. The fraction of sp³-hybridized carbons (Fsp3) is 0.167. The predicted octanol–water partition coefficient (Wildman–Crippen LogP) is 2.01. The molecule has 0 fully saturated rings. The average Bonchev–Trinajstić information content (AvgIpc) is 2.11. The average molecular weight is 227 g/mol. The number of hydrogen-bond donors (Lipinski definition) is 0. The van der Waals surface area contributed by atoms with Gasteiger partial charge in [0.2, 0.25) is 0 Å². The van der Waals surface area contributed by atoms with Crippen LogP contribution in [0.25, 0.3) is 0 Å². The first kappa shape index (κ1) is 5.03. The van der Waals surface area contributed by atoms with Crippen molar-refractivity contribution in [1.82, 2.24) is 4.57 Å². The lowest BCUT2D eigenvalue weighted by Gasteiger charge is -2.02. The molecule has 0 aliphatic heterocycles. The quantitative estimate of drug-likeness (QED) is 0.719. The van der Waals surface area contributed by atoms with E-state index in [9.17, 15) is 13.6 Å². The van der Waals surface area contributed by atoms with Crippen LogP contribution in [0.3, 0.4) is 0 Å². The van der Waals surface area contributed by atoms with Gasteiger partial charge >= 0.3 is 6.55 Å². The third-order valence-corrected chi connectivity index (χ3v) is 1.29. The highest BCUT2D eigenvalue weighted by atomic mass is 79.9. The van der Waals surface area contributed by atoms with Crippen LogP contribution in [-0.4, -0.2) is 4.57 Å². The first-order valence-corrected chi connectivity index (χ1v) is 3.33. The molecular weight excluding hydrogens is 220 g/mol. The highest BCUT2D eigenvalue weighted by Crippen LogP contribution is 2.10. The Hall–Kier alpha value is -0.710. The van der Waals surface area contributed by atoms with Gasteiger partial charge in [0, 0.05) is 16.7 Å². The molecule has 5 heteroatoms. The lowest BCUT2D eigenvalue weighted by Crippen LogP contribution is -2.18. The Kier molecular flexibility index (Phi) is 1.43. The van der Waals surface area contributed by atoms with Gasteiger partial charge in [-0.2, -0.15) is 8.78 Å². The van der Waals surface area contributed by atoms with Crippen LogP contribution < -0.4 is 5.56 Å². The van der Waals surface area contributed by atoms with Crippen LogP contribution in [0.15, 0.2) is 27.5 Å². The van der Waals surface area contributed by atoms with Crippen LogP contribution in [0.5, 0.6) is 0 Å². The smallest absolute Gasteiger partial charge is 0.269 e. The van der Waals surface area contributed by atoms with Gasteiger partial charge in [-0.3, -0.25) is 9.36 Å². The summed E-state index contributed by atoms with van der Waals surface area (Å²) in [6.07, 6.45) is -0.800. The first-order chi connectivity index (χ1) is 6.37. The lowest BCUT2D eigenvalue weighted by molar-refractivity contribution is 0.0661. The molecule has 2 nitrogen and oxygen atoms in total. The van der Waals surface area contributed by atoms with Crippen molar-refractivity contribution in [2.45, 2.75) is 6.55 Å². The molecule has 0 spiro atoms. The van der Waals surface area contributed by atoms with Crippen molar-refractivity contribution in [2.75, 3.05) is 0 Å². The number of rotatable bonds is 1. The maximum absolute atomic E-state index is 12.3. The molecule has 0 N–H and O–H groups in total. The molecule has 0 aliphatic rings. The molecule has 0 atom stereocenters. The summed E-state index contributed by atoms with van der Waals surface area (Å²) in [6.45, 7) is -3.18. The molecule has 0 aliphatic carbocycles. The maximum atomic E-state index is 12.3. The van der Waals surface area contributed by atoms with Crippen molar-refractivity contribution in [3.05, 3.63) is 33.1 Å². The lowest BCUT2D eigenvalue weighted by atomic mass is 10.5. The zero-order chi connectivity index (χ0) is 11.0. The van der Waals surface area contributed by atoms with Gasteiger partial charge in [-0.15, -0.1) is 0 Å². The number of nitrogens with zero attached hydrogens (tertiary/aromatic N) is 1. The topological polar surface area (TPSA) is 22.0 Å². The molecular formula is C6H4BrF2NO. The fourth-order valence-corrected chi connectivity index (χ4v) is 0.781. The van der Waals surface area contributed by atoms with E-state index in [2.05, 4.69) is 15.9 Å². The van der Waals surface area contributed by atoms with Gasteiger partial charge in [-0.25, -0.2) is 0 Å². The molecule has 0 amide bonds. The van der Waals surface area contributed by atoms with Gasteiger partial charge in [-0.1, -0.05) is 0 Å². The zero-order valence-corrected chi connectivity index (χ0v) is 6.65. The molecule has 0 saturated carbocycles. The molecule has 1 aromatic heterocycles. The van der Waals surface area contributed by atoms with Crippen molar-refractivity contribution in [3.63, 3.8) is 0 Å². The summed E-state index contributed by atoms with van der Waals surface area (Å²) in [4.78, 5) is 11.0. The van der Waals surface area contributed by atoms with Gasteiger partial charge in [0.1, 0.15) is 0 Å². The van der Waals surface area contributed by atoms with Crippen molar-refractivity contribution in [2.24, 2.45) is 0 Å². The number of alkyl halides is 2. The first-order valence-electron chi connectivity index (χ1n) is 4.03. The van der Waals surface area contributed by atoms with Crippen LogP contribution in [0.2, 0.25) is 0 Å². The number of halogens is 3. The van der Waals surface area contributed by atoms with E-state index in [0.717, 1.165) is 0 Å². The minimum Gasteiger partial charge on any atom is -0.269 e. The zero-order valence-electron chi connectivity index (χ0n) is 8.07. The number of pyridine rings is 1. The van der Waals surface area contributed by atoms with Crippen molar-refractivity contribution in [1.29, 1.82) is 0 Å². The Morgan fingerprint density at radius 3 is 2.82 bits per heavy atom. The molecule has 1 heterocycles. The van der Waals surface area contributed by atoms with Gasteiger partial charge in [-0.05, 0) is 22.0 Å². The van der Waals surface area contributed by atoms with E-state index in [1.54, 1.807) is 0 Å². The molecule has 0 bridgehead atoms. The predicted molar refractivity (Wildman–Crippen MR) is 39.7 cm³/mol. The molecule has 0 unspecified atom stereocenters. The summed E-state index contributed by atoms with van der Waals surface area (Å²) < 4.78 is 45.4. The summed E-state index contributed by atoms with van der Waals surface area (Å²) in [7, 11) is 0. The Morgan fingerprint density at radius 1 is 1.64 bits per heavy atom. The highest BCUT2D eigenvalue weighted by Gasteiger charge is 2.06. The highest BCUT2D eigenvalue weighted by molar-refractivity contribution is 9.10. The molecule has 1 aromatic rings. The Bertz CT molecular complexity index is 434. The van der Waals surface area contributed by atoms with E-state index >= 15 is 0 Å². The summed E-state index contributed by atoms with van der Waals surface area (Å²) in [6, 6.07) is -1.41. The summed E-state index contributed by atoms with van der Waals surface area (Å²) in [5.41, 5.74) is -1.33. The van der Waals surface area contributed by atoms with Crippen LogP contribution in [-0.2, 0) is 0 Å². The molecule has 0 saturated heterocycles. The third-order valence-electron chi connectivity index (χ3n) is 0.912. The fourth-order valence-electron chi connectivity index (χ4n) is 0.490. The molecule has 60 valence electrons. The molecule has 11 heavy (non-hydrogen) atoms. The Labute approximate surface area is 73.8 Å². The summed E-state index contributed by atoms with van der Waals surface area (Å²) in [5.74, 6) is 0. The van der Waals surface area contributed by atoms with E-state index in [0.29, 0.717) is 0 Å². The van der Waals surface area contributed by atoms with E-state index in [1.165, 1.54) is 0 Å². The Balaban J connectivity index is 3.69. The largest absolute Gasteiger partial charge is 0.321 e. The van der Waals surface area contributed by atoms with Crippen LogP contribution >= 0.6 is 15.9 Å². The summed E-state index contributed by atoms with van der Waals surface area (Å²) in [5, 5.41) is 0. The normalized spacial score (nSPS) is 14.4. The van der Waals surface area contributed by atoms with Gasteiger partial charge in [0.25, 0.3) is 5.56 Å². The minimum absolute atomic E-state index is 0.148. The second-order valence-corrected chi connectivity index (χ2v) is 2.42. The van der Waals surface area contributed by atoms with Crippen molar-refractivity contribution in [3.8, 4) is 0 Å². The van der Waals surface area contributed by atoms with Gasteiger partial charge in [0.15, 0.2) is 0 Å². The monoisotopic (exact) mass is 226 g/mol. The van der Waals surface area contributed by atoms with Crippen LogP contribution in [0.4, 0.5) is 8.78 Å². The minimum atomic E-state index is -3.18. The standard InChI is InChI=1S/C6H4BrF2NO/c7-4-1-2-5(11)10(3-4)6(8)9/h1-3,6H/i1D,2D,3D. The van der Waals surface area contributed by atoms with E-state index in [4.69, 9.17) is 4.11 Å². The molecule has 0 radical (unpaired) electrons. The Morgan fingerprint density at radius 2 is 2.27 bits per heavy atom. The van der Waals surface area contributed by atoms with E-state index in [1.807, 2.05) is 0 Å². The van der Waals surface area contributed by atoms with E-state index < -0.39 is 30.4 Å². The molecule has 0 aromatic carbocycles. The maximum Gasteiger partial charge on any atom is 0.321 e. The van der Waals surface area contributed by atoms with Crippen molar-refractivity contribution >= 4 is 15.9 Å². The van der Waals surface area contributed by atoms with Crippen LogP contribution in [0, 0.1) is 0 Å². The third kappa shape index (κ3) is 1.86. The summed E-state index contributed by atoms with van der Waals surface area (Å²) >= 11 is 2.70. The second-order valence-electron chi connectivity index (χ2n) is 1.63. The van der Waals surface area contributed by atoms with Gasteiger partial charge < -0.3 is 0 Å². The van der Waals surface area contributed by atoms with Gasteiger partial charge in [0.05, 0.1) is 4.11 Å². The SMILES string of the molecule is [2H]c1c(Br)c([2H])n(C(F)F)c(=O)c1[2H]. The van der Waals surface area contributed by atoms with Crippen molar-refractivity contribution < 1.29 is 12.9 Å². The van der Waals surface area contributed by atoms with Crippen LogP contribution in [0.1, 0.15) is 10.7 Å². The van der Waals surface area contributed by atoms with E-state index in [-0.39, 0.29) is 9.04 Å². The number of aromatic nitrogens is 1. The second kappa shape index (κ2) is 3.13.